The van der Waals surface area contributed by atoms with Crippen molar-refractivity contribution in [1.29, 1.82) is 0 Å². The Balaban J connectivity index is 0.00000256. The number of ether oxygens (including phenoxy) is 1. The van der Waals surface area contributed by atoms with Crippen LogP contribution in [0.3, 0.4) is 0 Å². The number of aromatic hydroxyl groups is 1. The second-order valence-corrected chi connectivity index (χ2v) is 3.04. The zero-order valence-corrected chi connectivity index (χ0v) is 9.44. The van der Waals surface area contributed by atoms with Crippen LogP contribution in [0.5, 0.6) is 11.5 Å². The number of rotatable bonds is 4. The first kappa shape index (κ1) is 12.6. The highest BCUT2D eigenvalue weighted by Crippen LogP contribution is 2.26. The molecular weight excluding hydrogens is 234 g/mol. The molecule has 0 radical (unpaired) electrons. The second kappa shape index (κ2) is 6.19. The van der Waals surface area contributed by atoms with Crippen LogP contribution >= 0.6 is 0 Å². The summed E-state index contributed by atoms with van der Waals surface area (Å²) in [5.74, 6) is -0.964. The lowest BCUT2D eigenvalue weighted by molar-refractivity contribution is -0.407. The summed E-state index contributed by atoms with van der Waals surface area (Å²) in [5.41, 5.74) is 3.84. The molecule has 1 aromatic rings. The maximum Gasteiger partial charge on any atom is 0.362 e. The maximum atomic E-state index is 10.7. The average Bonchev–Trinajstić information content (AvgIpc) is 2.27. The number of carboxylic acids is 1. The number of halogens is 1. The lowest BCUT2D eigenvalue weighted by atomic mass is 10.1. The van der Waals surface area contributed by atoms with Crippen LogP contribution in [0, 0.1) is 0 Å². The number of carbonyl (C=O) groups is 1. The number of benzene rings is 1. The summed E-state index contributed by atoms with van der Waals surface area (Å²) >= 11 is 0. The molecule has 1 aromatic carbocycles. The van der Waals surface area contributed by atoms with Gasteiger partial charge < -0.3 is 33.1 Å². The van der Waals surface area contributed by atoms with Crippen molar-refractivity contribution < 1.29 is 39.3 Å². The molecule has 0 amide bonds. The smallest absolute Gasteiger partial charge is 0.362 e. The number of quaternary nitrogens is 1. The molecule has 6 heteroatoms. The summed E-state index contributed by atoms with van der Waals surface area (Å²) in [5, 5.41) is 18.1. The van der Waals surface area contributed by atoms with Crippen LogP contribution in [0.4, 0.5) is 0 Å². The highest BCUT2D eigenvalue weighted by molar-refractivity contribution is 5.72. The molecule has 0 aliphatic heterocycles. The topological polar surface area (TPSA) is 94.4 Å². The van der Waals surface area contributed by atoms with E-state index in [0.717, 1.165) is 0 Å². The molecule has 1 rings (SSSR count). The van der Waals surface area contributed by atoms with E-state index in [9.17, 15) is 9.90 Å². The molecule has 0 saturated heterocycles. The fraction of sp³-hybridized carbons (Fsp3) is 0.300. The Bertz CT molecular complexity index is 402. The van der Waals surface area contributed by atoms with Gasteiger partial charge in [-0.3, -0.25) is 0 Å². The molecule has 0 aliphatic rings. The second-order valence-electron chi connectivity index (χ2n) is 3.04. The zero-order valence-electron chi connectivity index (χ0n) is 9.68. The van der Waals surface area contributed by atoms with Gasteiger partial charge in [0.15, 0.2) is 17.5 Å². The molecule has 5 N–H and O–H groups in total. The molecule has 5 nitrogen and oxygen atoms in total. The maximum absolute atomic E-state index is 10.7. The van der Waals surface area contributed by atoms with Crippen molar-refractivity contribution >= 4 is 5.97 Å². The first-order valence-corrected chi connectivity index (χ1v) is 4.32. The van der Waals surface area contributed by atoms with Crippen molar-refractivity contribution in [3.8, 4) is 11.5 Å². The standard InChI is InChI=1S/C10H13NO4.ClH/c1-15-9-5-6(2-3-8(9)12)4-7(11)10(13)14;/h2-3,5,7,12H,4,11H2,1H3,(H,13,14);1H/t7-;/m0./s1/i4T;/t4-,7-;. The molecule has 16 heavy (non-hydrogen) atoms. The van der Waals surface area contributed by atoms with Crippen molar-refractivity contribution in [2.24, 2.45) is 0 Å². The summed E-state index contributed by atoms with van der Waals surface area (Å²) in [6.45, 7) is 0. The third-order valence-electron chi connectivity index (χ3n) is 1.91. The van der Waals surface area contributed by atoms with Gasteiger partial charge >= 0.3 is 5.97 Å². The third kappa shape index (κ3) is 3.60. The highest BCUT2D eigenvalue weighted by atomic mass is 35.5. The van der Waals surface area contributed by atoms with Crippen LogP contribution < -0.4 is 22.9 Å². The van der Waals surface area contributed by atoms with Crippen molar-refractivity contribution in [3.63, 3.8) is 0 Å². The van der Waals surface area contributed by atoms with Crippen molar-refractivity contribution in [3.05, 3.63) is 23.8 Å². The Labute approximate surface area is 101 Å². The molecule has 90 valence electrons. The minimum atomic E-state index is -1.13. The summed E-state index contributed by atoms with van der Waals surface area (Å²) in [4.78, 5) is 10.7. The molecule has 2 atom stereocenters. The average molecular weight is 250 g/mol. The van der Waals surface area contributed by atoms with E-state index >= 15 is 0 Å². The summed E-state index contributed by atoms with van der Waals surface area (Å²) in [7, 11) is 1.39. The van der Waals surface area contributed by atoms with E-state index in [0.29, 0.717) is 5.56 Å². The van der Waals surface area contributed by atoms with Gasteiger partial charge in [0, 0.05) is 7.77 Å². The SMILES string of the molecule is [3H][C@@H](c1ccc(O)c(OC)c1)[C@H]([NH3+])C(=O)O.[Cl-]. The number of phenols is 1. The van der Waals surface area contributed by atoms with Gasteiger partial charge in [-0.25, -0.2) is 4.79 Å². The van der Waals surface area contributed by atoms with Crippen LogP contribution in [0.25, 0.3) is 0 Å². The van der Waals surface area contributed by atoms with E-state index in [1.165, 1.54) is 25.3 Å². The first-order valence-electron chi connectivity index (χ1n) is 4.90. The monoisotopic (exact) mass is 249 g/mol. The number of aliphatic carboxylic acids is 1. The van der Waals surface area contributed by atoms with Gasteiger partial charge in [0.05, 0.1) is 7.11 Å². The summed E-state index contributed by atoms with van der Waals surface area (Å²) in [6.07, 6.45) is -0.994. The Morgan fingerprint density at radius 2 is 2.31 bits per heavy atom. The van der Waals surface area contributed by atoms with Crippen molar-refractivity contribution in [2.45, 2.75) is 12.4 Å². The highest BCUT2D eigenvalue weighted by Gasteiger charge is 2.16. The molecule has 0 saturated carbocycles. The van der Waals surface area contributed by atoms with Gasteiger partial charge in [-0.05, 0) is 17.7 Å². The van der Waals surface area contributed by atoms with E-state index < -0.39 is 18.4 Å². The molecule has 0 fully saturated rings. The fourth-order valence-corrected chi connectivity index (χ4v) is 1.10. The largest absolute Gasteiger partial charge is 1.00 e. The summed E-state index contributed by atoms with van der Waals surface area (Å²) < 4.78 is 12.6. The number of carboxylic acid groups (broad SMARTS) is 1. The molecule has 0 aromatic heterocycles. The minimum absolute atomic E-state index is 0. The van der Waals surface area contributed by atoms with Gasteiger partial charge in [-0.1, -0.05) is 6.07 Å². The predicted octanol–water partition coefficient (Wildman–Crippen LogP) is -3.36. The predicted molar refractivity (Wildman–Crippen MR) is 52.7 cm³/mol. The zero-order chi connectivity index (χ0) is 12.3. The molecule has 0 heterocycles. The van der Waals surface area contributed by atoms with Crippen LogP contribution in [-0.2, 0) is 11.2 Å². The number of hydrogen-bond donors (Lipinski definition) is 3. The first-order chi connectivity index (χ1) is 7.47. The van der Waals surface area contributed by atoms with Crippen LogP contribution in [0.2, 0.25) is 0 Å². The molecule has 0 spiro atoms. The van der Waals surface area contributed by atoms with Gasteiger partial charge in [-0.15, -0.1) is 0 Å². The number of phenolic OH excluding ortho intramolecular Hbond substituents is 1. The van der Waals surface area contributed by atoms with E-state index in [4.69, 9.17) is 11.2 Å². The van der Waals surface area contributed by atoms with Crippen molar-refractivity contribution in [2.75, 3.05) is 7.11 Å². The Morgan fingerprint density at radius 3 is 2.81 bits per heavy atom. The number of methoxy groups -OCH3 is 1. The Hall–Kier alpha value is -1.46. The molecule has 0 aliphatic carbocycles. The van der Waals surface area contributed by atoms with E-state index in [2.05, 4.69) is 5.73 Å². The Morgan fingerprint density at radius 1 is 1.69 bits per heavy atom. The molecule has 0 bridgehead atoms. The van der Waals surface area contributed by atoms with Gasteiger partial charge in [0.25, 0.3) is 0 Å². The third-order valence-corrected chi connectivity index (χ3v) is 1.91. The lowest BCUT2D eigenvalue weighted by Crippen LogP contribution is -3.00. The quantitative estimate of drug-likeness (QED) is 0.520. The van der Waals surface area contributed by atoms with Crippen LogP contribution in [0.1, 0.15) is 6.93 Å². The number of hydrogen-bond acceptors (Lipinski definition) is 3. The minimum Gasteiger partial charge on any atom is -1.00 e. The normalized spacial score (nSPS) is 14.2. The summed E-state index contributed by atoms with van der Waals surface area (Å²) in [6, 6.07) is 3.23. The van der Waals surface area contributed by atoms with E-state index in [1.54, 1.807) is 0 Å². The van der Waals surface area contributed by atoms with Crippen LogP contribution in [0.15, 0.2) is 18.2 Å². The van der Waals surface area contributed by atoms with Gasteiger partial charge in [-0.2, -0.15) is 0 Å². The molecule has 0 unspecified atom stereocenters. The van der Waals surface area contributed by atoms with E-state index in [-0.39, 0.29) is 23.9 Å². The van der Waals surface area contributed by atoms with E-state index in [1.807, 2.05) is 0 Å². The fourth-order valence-electron chi connectivity index (χ4n) is 1.10. The van der Waals surface area contributed by atoms with Gasteiger partial charge in [0.2, 0.25) is 0 Å². The van der Waals surface area contributed by atoms with Gasteiger partial charge in [0.1, 0.15) is 0 Å². The Kier molecular flexibility index (Phi) is 4.88. The molecular formula is C10H14ClNO4. The van der Waals surface area contributed by atoms with Crippen LogP contribution in [-0.4, -0.2) is 29.3 Å². The van der Waals surface area contributed by atoms with Crippen molar-refractivity contribution in [1.82, 2.24) is 0 Å². The lowest BCUT2D eigenvalue weighted by Gasteiger charge is -2.07.